The van der Waals surface area contributed by atoms with Crippen molar-refractivity contribution in [2.45, 2.75) is 37.0 Å². The molecule has 2 fully saturated rings. The molecule has 2 N–H and O–H groups in total. The summed E-state index contributed by atoms with van der Waals surface area (Å²) in [6.45, 7) is 2.33. The van der Waals surface area contributed by atoms with E-state index in [1.54, 1.807) is 31.2 Å². The van der Waals surface area contributed by atoms with Crippen LogP contribution in [-0.2, 0) is 10.0 Å². The average molecular weight is 375 g/mol. The van der Waals surface area contributed by atoms with E-state index in [0.29, 0.717) is 30.1 Å². The molecule has 4 rings (SSSR count). The fourth-order valence-corrected chi connectivity index (χ4v) is 5.22. The van der Waals surface area contributed by atoms with Gasteiger partial charge in [0, 0.05) is 18.7 Å². The number of rotatable bonds is 5. The number of carbonyl (C=O) groups excluding carboxylic acids is 1. The zero-order valence-electron chi connectivity index (χ0n) is 14.4. The van der Waals surface area contributed by atoms with Crippen LogP contribution in [0, 0.1) is 6.92 Å². The summed E-state index contributed by atoms with van der Waals surface area (Å²) in [7, 11) is -3.32. The topological polar surface area (TPSA) is 108 Å². The Morgan fingerprint density at radius 2 is 1.96 bits per heavy atom. The maximum atomic E-state index is 12.6. The minimum Gasteiger partial charge on any atom is -0.347 e. The third kappa shape index (κ3) is 3.24. The number of sulfonamides is 1. The summed E-state index contributed by atoms with van der Waals surface area (Å²) in [4.78, 5) is 16.9. The van der Waals surface area contributed by atoms with Gasteiger partial charge in [0.05, 0.1) is 17.2 Å². The quantitative estimate of drug-likeness (QED) is 0.804. The van der Waals surface area contributed by atoms with Crippen LogP contribution in [0.3, 0.4) is 0 Å². The summed E-state index contributed by atoms with van der Waals surface area (Å²) in [6.07, 6.45) is 1.43. The van der Waals surface area contributed by atoms with Gasteiger partial charge in [0.1, 0.15) is 5.82 Å². The predicted octanol–water partition coefficient (Wildman–Crippen LogP) is 0.803. The van der Waals surface area contributed by atoms with Gasteiger partial charge >= 0.3 is 0 Å². The number of nitrogens with zero attached hydrogens (tertiary/aromatic N) is 3. The van der Waals surface area contributed by atoms with Gasteiger partial charge in [-0.3, -0.25) is 9.89 Å². The summed E-state index contributed by atoms with van der Waals surface area (Å²) in [5.74, 6) is 0.700. The van der Waals surface area contributed by atoms with Gasteiger partial charge in [0.25, 0.3) is 5.91 Å². The first kappa shape index (κ1) is 17.2. The molecule has 1 aromatic heterocycles. The van der Waals surface area contributed by atoms with E-state index in [9.17, 15) is 13.2 Å². The van der Waals surface area contributed by atoms with Crippen LogP contribution < -0.4 is 5.32 Å². The molecule has 1 aromatic carbocycles. The number of hydrogen-bond acceptors (Lipinski definition) is 5. The van der Waals surface area contributed by atoms with E-state index >= 15 is 0 Å². The zero-order chi connectivity index (χ0) is 18.3. The Balaban J connectivity index is 1.58. The average Bonchev–Trinajstić information content (AvgIpc) is 3.29. The standard InChI is InChI=1S/C17H21N5O3S/c1-11-18-16(21-20-11)14-9-22(26(24,25)13-7-8-13)10-15(14)19-17(23)12-5-3-2-4-6-12/h2-6,13-15H,7-10H2,1H3,(H,19,23)(H,18,20,21)/t14-,15-/m1/s1. The molecule has 0 radical (unpaired) electrons. The van der Waals surface area contributed by atoms with Crippen LogP contribution in [0.1, 0.15) is 40.8 Å². The molecule has 1 saturated carbocycles. The Bertz CT molecular complexity index is 907. The highest BCUT2D eigenvalue weighted by Gasteiger charge is 2.47. The minimum atomic E-state index is -3.32. The normalized spacial score (nSPS) is 23.9. The molecule has 138 valence electrons. The Morgan fingerprint density at radius 3 is 2.58 bits per heavy atom. The molecular formula is C17H21N5O3S. The third-order valence-corrected chi connectivity index (χ3v) is 7.22. The first-order valence-corrected chi connectivity index (χ1v) is 10.2. The molecule has 1 aliphatic heterocycles. The lowest BCUT2D eigenvalue weighted by Gasteiger charge is -2.18. The van der Waals surface area contributed by atoms with Gasteiger partial charge in [-0.15, -0.1) is 0 Å². The highest BCUT2D eigenvalue weighted by atomic mass is 32.2. The summed E-state index contributed by atoms with van der Waals surface area (Å²) >= 11 is 0. The van der Waals surface area contributed by atoms with Crippen LogP contribution in [0.4, 0.5) is 0 Å². The lowest BCUT2D eigenvalue weighted by molar-refractivity contribution is 0.0935. The summed E-state index contributed by atoms with van der Waals surface area (Å²) in [6, 6.07) is 8.53. The van der Waals surface area contributed by atoms with E-state index in [-0.39, 0.29) is 36.2 Å². The second-order valence-corrected chi connectivity index (χ2v) is 9.11. The van der Waals surface area contributed by atoms with Crippen LogP contribution in [0.5, 0.6) is 0 Å². The molecule has 9 heteroatoms. The van der Waals surface area contributed by atoms with E-state index in [1.807, 2.05) is 6.07 Å². The van der Waals surface area contributed by atoms with Crippen molar-refractivity contribution in [3.05, 3.63) is 47.5 Å². The maximum Gasteiger partial charge on any atom is 0.251 e. The molecule has 1 aliphatic carbocycles. The van der Waals surface area contributed by atoms with E-state index < -0.39 is 10.0 Å². The van der Waals surface area contributed by atoms with E-state index in [0.717, 1.165) is 0 Å². The van der Waals surface area contributed by atoms with Crippen LogP contribution in [0.15, 0.2) is 30.3 Å². The van der Waals surface area contributed by atoms with E-state index in [2.05, 4.69) is 20.5 Å². The highest BCUT2D eigenvalue weighted by Crippen LogP contribution is 2.36. The van der Waals surface area contributed by atoms with Crippen molar-refractivity contribution in [3.8, 4) is 0 Å². The van der Waals surface area contributed by atoms with Crippen molar-refractivity contribution in [1.29, 1.82) is 0 Å². The Morgan fingerprint density at radius 1 is 1.23 bits per heavy atom. The number of aromatic nitrogens is 3. The van der Waals surface area contributed by atoms with E-state index in [4.69, 9.17) is 0 Å². The van der Waals surface area contributed by atoms with Gasteiger partial charge in [0.2, 0.25) is 10.0 Å². The molecule has 2 atom stereocenters. The maximum absolute atomic E-state index is 12.6. The molecule has 2 aromatic rings. The van der Waals surface area contributed by atoms with Gasteiger partial charge < -0.3 is 5.32 Å². The predicted molar refractivity (Wildman–Crippen MR) is 95.1 cm³/mol. The van der Waals surface area contributed by atoms with Crippen molar-refractivity contribution in [2.24, 2.45) is 0 Å². The fraction of sp³-hybridized carbons (Fsp3) is 0.471. The SMILES string of the molecule is Cc1nc([C@@H]2CN(S(=O)(=O)C3CC3)C[C@H]2NC(=O)c2ccccc2)n[nH]1. The third-order valence-electron chi connectivity index (χ3n) is 4.89. The molecule has 1 saturated heterocycles. The summed E-state index contributed by atoms with van der Waals surface area (Å²) < 4.78 is 26.8. The van der Waals surface area contributed by atoms with Gasteiger partial charge in [-0.25, -0.2) is 13.4 Å². The number of carbonyl (C=O) groups is 1. The van der Waals surface area contributed by atoms with Gasteiger partial charge in [0.15, 0.2) is 5.82 Å². The molecule has 8 nitrogen and oxygen atoms in total. The number of amides is 1. The van der Waals surface area contributed by atoms with Crippen LogP contribution >= 0.6 is 0 Å². The fourth-order valence-electron chi connectivity index (χ4n) is 3.33. The Kier molecular flexibility index (Phi) is 4.28. The first-order chi connectivity index (χ1) is 12.4. The van der Waals surface area contributed by atoms with Crippen LogP contribution in [0.2, 0.25) is 0 Å². The molecule has 2 aliphatic rings. The number of aromatic amines is 1. The Hall–Kier alpha value is -2.26. The zero-order valence-corrected chi connectivity index (χ0v) is 15.2. The van der Waals surface area contributed by atoms with Crippen molar-refractivity contribution in [2.75, 3.05) is 13.1 Å². The monoisotopic (exact) mass is 375 g/mol. The number of aryl methyl sites for hydroxylation is 1. The lowest BCUT2D eigenvalue weighted by Crippen LogP contribution is -2.41. The summed E-state index contributed by atoms with van der Waals surface area (Å²) in [5.41, 5.74) is 0.543. The van der Waals surface area contributed by atoms with E-state index in [1.165, 1.54) is 4.31 Å². The van der Waals surface area contributed by atoms with Crippen LogP contribution in [0.25, 0.3) is 0 Å². The van der Waals surface area contributed by atoms with Crippen molar-refractivity contribution in [1.82, 2.24) is 24.8 Å². The van der Waals surface area contributed by atoms with Gasteiger partial charge in [-0.05, 0) is 31.9 Å². The molecule has 0 spiro atoms. The molecule has 0 bridgehead atoms. The summed E-state index contributed by atoms with van der Waals surface area (Å²) in [5, 5.41) is 9.69. The van der Waals surface area contributed by atoms with Crippen molar-refractivity contribution < 1.29 is 13.2 Å². The smallest absolute Gasteiger partial charge is 0.251 e. The molecule has 0 unspecified atom stereocenters. The molecule has 2 heterocycles. The highest BCUT2D eigenvalue weighted by molar-refractivity contribution is 7.90. The number of nitrogens with one attached hydrogen (secondary N) is 2. The van der Waals surface area contributed by atoms with Crippen molar-refractivity contribution >= 4 is 15.9 Å². The molecule has 26 heavy (non-hydrogen) atoms. The lowest BCUT2D eigenvalue weighted by atomic mass is 10.0. The second kappa shape index (κ2) is 6.48. The van der Waals surface area contributed by atoms with Crippen molar-refractivity contribution in [3.63, 3.8) is 0 Å². The minimum absolute atomic E-state index is 0.224. The number of hydrogen-bond donors (Lipinski definition) is 2. The second-order valence-electron chi connectivity index (χ2n) is 6.89. The van der Waals surface area contributed by atoms with Gasteiger partial charge in [-0.2, -0.15) is 9.40 Å². The number of benzene rings is 1. The largest absolute Gasteiger partial charge is 0.347 e. The number of H-pyrrole nitrogens is 1. The molecule has 1 amide bonds. The van der Waals surface area contributed by atoms with Crippen LogP contribution in [-0.4, -0.2) is 58.2 Å². The molecular weight excluding hydrogens is 354 g/mol. The van der Waals surface area contributed by atoms with Gasteiger partial charge in [-0.1, -0.05) is 18.2 Å². The Labute approximate surface area is 152 Å². The first-order valence-electron chi connectivity index (χ1n) is 8.69.